The topological polar surface area (TPSA) is 121 Å². The first-order valence-corrected chi connectivity index (χ1v) is 11.4. The van der Waals surface area contributed by atoms with Crippen LogP contribution in [0.5, 0.6) is 0 Å². The summed E-state index contributed by atoms with van der Waals surface area (Å²) in [6, 6.07) is 10.4. The maximum absolute atomic E-state index is 12.3. The average molecular weight is 432 g/mol. The van der Waals surface area contributed by atoms with E-state index in [1.54, 1.807) is 0 Å². The van der Waals surface area contributed by atoms with Crippen LogP contribution in [0.1, 0.15) is 6.92 Å². The number of amides is 1. The van der Waals surface area contributed by atoms with Gasteiger partial charge in [0, 0.05) is 16.4 Å². The van der Waals surface area contributed by atoms with E-state index in [1.165, 1.54) is 55.5 Å². The molecule has 0 bridgehead atoms. The Bertz CT molecular complexity index is 1020. The van der Waals surface area contributed by atoms with E-state index in [0.29, 0.717) is 16.4 Å². The number of hydrogen-bond acceptors (Lipinski definition) is 5. The van der Waals surface area contributed by atoms with Gasteiger partial charge in [0.1, 0.15) is 0 Å². The number of carbonyl (C=O) groups excluding carboxylic acids is 1. The molecule has 146 valence electrons. The summed E-state index contributed by atoms with van der Waals surface area (Å²) in [7, 11) is -7.29. The second-order valence-electron chi connectivity index (χ2n) is 5.74. The summed E-state index contributed by atoms with van der Waals surface area (Å²) >= 11 is 5.74. The van der Waals surface area contributed by atoms with E-state index in [2.05, 4.69) is 14.8 Å². The smallest absolute Gasteiger partial charge is 0.242 e. The molecule has 1 amide bonds. The average Bonchev–Trinajstić information content (AvgIpc) is 2.55. The van der Waals surface area contributed by atoms with Crippen molar-refractivity contribution in [2.75, 3.05) is 16.3 Å². The lowest BCUT2D eigenvalue weighted by Crippen LogP contribution is -2.41. The molecule has 0 aliphatic rings. The summed E-state index contributed by atoms with van der Waals surface area (Å²) in [5.41, 5.74) is 0.726. The van der Waals surface area contributed by atoms with Gasteiger partial charge < -0.3 is 5.32 Å². The Hall–Kier alpha value is -2.14. The van der Waals surface area contributed by atoms with Gasteiger partial charge in [-0.15, -0.1) is 0 Å². The minimum Gasteiger partial charge on any atom is -0.325 e. The van der Waals surface area contributed by atoms with Gasteiger partial charge in [0.05, 0.1) is 17.2 Å². The number of sulfonamides is 2. The first kappa shape index (κ1) is 21.2. The molecule has 8 nitrogen and oxygen atoms in total. The second kappa shape index (κ2) is 8.26. The fourth-order valence-electron chi connectivity index (χ4n) is 2.05. The van der Waals surface area contributed by atoms with Crippen LogP contribution in [-0.4, -0.2) is 35.0 Å². The van der Waals surface area contributed by atoms with Gasteiger partial charge in [-0.3, -0.25) is 9.52 Å². The van der Waals surface area contributed by atoms with Gasteiger partial charge in [-0.05, 0) is 55.5 Å². The minimum absolute atomic E-state index is 0.0113. The fourth-order valence-corrected chi connectivity index (χ4v) is 3.95. The van der Waals surface area contributed by atoms with Crippen molar-refractivity contribution in [3.8, 4) is 0 Å². The molecule has 11 heteroatoms. The van der Waals surface area contributed by atoms with Gasteiger partial charge in [0.25, 0.3) is 0 Å². The number of rotatable bonds is 7. The fraction of sp³-hybridized carbons (Fsp3) is 0.188. The molecule has 0 spiro atoms. The van der Waals surface area contributed by atoms with Gasteiger partial charge in [0.2, 0.25) is 26.0 Å². The lowest BCUT2D eigenvalue weighted by atomic mass is 10.2. The molecule has 2 aromatic rings. The molecule has 0 aliphatic carbocycles. The molecular weight excluding hydrogens is 414 g/mol. The summed E-state index contributed by atoms with van der Waals surface area (Å²) in [6.45, 7) is 1.41. The Labute approximate surface area is 163 Å². The standard InChI is InChI=1S/C16H18ClN3O5S2/c1-11(19-27(24,25)15-9-3-12(17)4-10-15)16(21)18-13-5-7-14(8-6-13)20-26(2,22)23/h3-11,19-20H,1-2H3,(H,18,21)/t11-/m0/s1. The van der Waals surface area contributed by atoms with Crippen molar-refractivity contribution in [2.24, 2.45) is 0 Å². The molecule has 0 fully saturated rings. The van der Waals surface area contributed by atoms with Crippen molar-refractivity contribution in [3.63, 3.8) is 0 Å². The van der Waals surface area contributed by atoms with Gasteiger partial charge in [-0.2, -0.15) is 4.72 Å². The number of nitrogens with one attached hydrogen (secondary N) is 3. The van der Waals surface area contributed by atoms with Crippen LogP contribution in [0.25, 0.3) is 0 Å². The maximum Gasteiger partial charge on any atom is 0.242 e. The predicted octanol–water partition coefficient (Wildman–Crippen LogP) is 2.02. The first-order chi connectivity index (χ1) is 12.5. The number of anilines is 2. The Balaban J connectivity index is 2.02. The number of carbonyl (C=O) groups is 1. The molecule has 0 aliphatic heterocycles. The Kier molecular flexibility index (Phi) is 6.47. The Morgan fingerprint density at radius 2 is 1.44 bits per heavy atom. The highest BCUT2D eigenvalue weighted by molar-refractivity contribution is 7.92. The zero-order chi connectivity index (χ0) is 20.2. The van der Waals surface area contributed by atoms with E-state index in [1.807, 2.05) is 0 Å². The molecule has 0 radical (unpaired) electrons. The molecule has 2 rings (SSSR count). The van der Waals surface area contributed by atoms with E-state index in [-0.39, 0.29) is 4.90 Å². The van der Waals surface area contributed by atoms with E-state index in [4.69, 9.17) is 11.6 Å². The van der Waals surface area contributed by atoms with Gasteiger partial charge in [-0.25, -0.2) is 16.8 Å². The van der Waals surface area contributed by atoms with Crippen LogP contribution in [0.15, 0.2) is 53.4 Å². The zero-order valence-corrected chi connectivity index (χ0v) is 16.8. The summed E-state index contributed by atoms with van der Waals surface area (Å²) in [5.74, 6) is -0.573. The normalized spacial score (nSPS) is 13.0. The van der Waals surface area contributed by atoms with E-state index < -0.39 is 32.0 Å². The quantitative estimate of drug-likeness (QED) is 0.619. The molecule has 0 saturated heterocycles. The van der Waals surface area contributed by atoms with Gasteiger partial charge >= 0.3 is 0 Å². The molecule has 27 heavy (non-hydrogen) atoms. The molecule has 2 aromatic carbocycles. The van der Waals surface area contributed by atoms with Crippen LogP contribution in [-0.2, 0) is 24.8 Å². The summed E-state index contributed by atoms with van der Waals surface area (Å²) in [6.07, 6.45) is 1.02. The van der Waals surface area contributed by atoms with E-state index in [9.17, 15) is 21.6 Å². The van der Waals surface area contributed by atoms with Crippen LogP contribution in [0.3, 0.4) is 0 Å². The second-order valence-corrected chi connectivity index (χ2v) is 9.64. The zero-order valence-electron chi connectivity index (χ0n) is 14.4. The Morgan fingerprint density at radius 3 is 1.96 bits per heavy atom. The van der Waals surface area contributed by atoms with E-state index in [0.717, 1.165) is 6.26 Å². The van der Waals surface area contributed by atoms with Crippen molar-refractivity contribution in [3.05, 3.63) is 53.6 Å². The van der Waals surface area contributed by atoms with Crippen molar-refractivity contribution < 1.29 is 21.6 Å². The molecule has 0 aromatic heterocycles. The van der Waals surface area contributed by atoms with Crippen LogP contribution < -0.4 is 14.8 Å². The van der Waals surface area contributed by atoms with Crippen LogP contribution in [0.2, 0.25) is 5.02 Å². The van der Waals surface area contributed by atoms with Crippen LogP contribution in [0.4, 0.5) is 11.4 Å². The van der Waals surface area contributed by atoms with Crippen molar-refractivity contribution >= 4 is 48.9 Å². The molecule has 0 unspecified atom stereocenters. The van der Waals surface area contributed by atoms with Gasteiger partial charge in [0.15, 0.2) is 0 Å². The Morgan fingerprint density at radius 1 is 0.926 bits per heavy atom. The largest absolute Gasteiger partial charge is 0.325 e. The highest BCUT2D eigenvalue weighted by Crippen LogP contribution is 2.16. The van der Waals surface area contributed by atoms with Crippen molar-refractivity contribution in [1.29, 1.82) is 0 Å². The summed E-state index contributed by atoms with van der Waals surface area (Å²) < 4.78 is 51.5. The summed E-state index contributed by atoms with van der Waals surface area (Å²) in [4.78, 5) is 12.2. The predicted molar refractivity (Wildman–Crippen MR) is 105 cm³/mol. The lowest BCUT2D eigenvalue weighted by molar-refractivity contribution is -0.117. The first-order valence-electron chi connectivity index (χ1n) is 7.63. The molecular formula is C16H18ClN3O5S2. The minimum atomic E-state index is -3.89. The van der Waals surface area contributed by atoms with Crippen molar-refractivity contribution in [2.45, 2.75) is 17.9 Å². The SMILES string of the molecule is C[C@H](NS(=O)(=O)c1ccc(Cl)cc1)C(=O)Nc1ccc(NS(C)(=O)=O)cc1. The monoisotopic (exact) mass is 431 g/mol. The van der Waals surface area contributed by atoms with Crippen molar-refractivity contribution in [1.82, 2.24) is 4.72 Å². The number of benzene rings is 2. The number of halogens is 1. The number of hydrogen-bond donors (Lipinski definition) is 3. The van der Waals surface area contributed by atoms with Gasteiger partial charge in [-0.1, -0.05) is 11.6 Å². The molecule has 1 atom stereocenters. The third-order valence-corrected chi connectivity index (χ3v) is 5.72. The highest BCUT2D eigenvalue weighted by Gasteiger charge is 2.22. The molecule has 3 N–H and O–H groups in total. The molecule has 0 saturated carbocycles. The van der Waals surface area contributed by atoms with Crippen LogP contribution in [0, 0.1) is 0 Å². The van der Waals surface area contributed by atoms with E-state index >= 15 is 0 Å². The molecule has 0 heterocycles. The third kappa shape index (κ3) is 6.51. The highest BCUT2D eigenvalue weighted by atomic mass is 35.5. The third-order valence-electron chi connectivity index (χ3n) is 3.30. The lowest BCUT2D eigenvalue weighted by Gasteiger charge is -2.15. The maximum atomic E-state index is 12.3. The summed E-state index contributed by atoms with van der Waals surface area (Å²) in [5, 5.41) is 2.95. The van der Waals surface area contributed by atoms with Crippen LogP contribution >= 0.6 is 11.6 Å².